The molecule has 0 aliphatic heterocycles. The monoisotopic (exact) mass is 296 g/mol. The highest BCUT2D eigenvalue weighted by Gasteiger charge is 2.22. The van der Waals surface area contributed by atoms with E-state index in [0.717, 1.165) is 28.5 Å². The first-order valence-electron chi connectivity index (χ1n) is 6.39. The van der Waals surface area contributed by atoms with Crippen molar-refractivity contribution in [1.29, 1.82) is 0 Å². The normalized spacial score (nSPS) is 15.9. The molecule has 1 atom stereocenters. The van der Waals surface area contributed by atoms with E-state index in [2.05, 4.69) is 9.97 Å². The Morgan fingerprint density at radius 1 is 1.37 bits per heavy atom. The molecule has 4 nitrogen and oxygen atoms in total. The van der Waals surface area contributed by atoms with E-state index in [-0.39, 0.29) is 6.61 Å². The van der Waals surface area contributed by atoms with Gasteiger partial charge in [-0.2, -0.15) is 0 Å². The molecule has 102 valence electrons. The Morgan fingerprint density at radius 3 is 3.00 bits per heavy atom. The molecule has 19 heavy (non-hydrogen) atoms. The number of hydrogen-bond acceptors (Lipinski definition) is 6. The lowest BCUT2D eigenvalue weighted by Gasteiger charge is -2.08. The van der Waals surface area contributed by atoms with E-state index in [4.69, 9.17) is 5.11 Å². The van der Waals surface area contributed by atoms with Crippen LogP contribution in [0.5, 0.6) is 0 Å². The number of aryl methyl sites for hydroxylation is 3. The van der Waals surface area contributed by atoms with Gasteiger partial charge in [-0.25, -0.2) is 9.97 Å². The van der Waals surface area contributed by atoms with Gasteiger partial charge in [0.2, 0.25) is 0 Å². The van der Waals surface area contributed by atoms with Crippen LogP contribution in [-0.2, 0) is 12.8 Å². The average molecular weight is 296 g/mol. The van der Waals surface area contributed by atoms with Gasteiger partial charge < -0.3 is 10.2 Å². The largest absolute Gasteiger partial charge is 0.394 e. The van der Waals surface area contributed by atoms with Gasteiger partial charge in [0.15, 0.2) is 0 Å². The maximum absolute atomic E-state index is 9.49. The summed E-state index contributed by atoms with van der Waals surface area (Å²) in [6.45, 7) is 1.69. The number of fused-ring (bicyclic) bond motifs is 3. The van der Waals surface area contributed by atoms with Gasteiger partial charge in [0.25, 0.3) is 0 Å². The third kappa shape index (κ3) is 2.50. The van der Waals surface area contributed by atoms with Crippen LogP contribution in [0.1, 0.15) is 22.7 Å². The second-order valence-electron chi connectivity index (χ2n) is 4.76. The first-order chi connectivity index (χ1) is 9.19. The lowest BCUT2D eigenvalue weighted by Crippen LogP contribution is -2.14. The zero-order valence-corrected chi connectivity index (χ0v) is 12.4. The average Bonchev–Trinajstić information content (AvgIpc) is 2.94. The number of hydrogen-bond donors (Lipinski definition) is 2. The van der Waals surface area contributed by atoms with E-state index in [0.29, 0.717) is 5.75 Å². The fourth-order valence-electron chi connectivity index (χ4n) is 2.40. The Kier molecular flexibility index (Phi) is 3.75. The standard InChI is InChI=1S/C13H16N2O2S2/c1-7-14-12(18-6-8(17)5-16)11-9-3-2-4-10(9)19-13(11)15-7/h8,16-17H,2-6H2,1H3/t8-/m1/s1. The molecule has 1 aliphatic carbocycles. The number of rotatable bonds is 4. The summed E-state index contributed by atoms with van der Waals surface area (Å²) in [7, 11) is 0. The van der Waals surface area contributed by atoms with Crippen molar-refractivity contribution in [2.45, 2.75) is 37.3 Å². The summed E-state index contributed by atoms with van der Waals surface area (Å²) in [6.07, 6.45) is 2.78. The fraction of sp³-hybridized carbons (Fsp3) is 0.538. The van der Waals surface area contributed by atoms with Gasteiger partial charge in [-0.05, 0) is 31.7 Å². The van der Waals surface area contributed by atoms with Gasteiger partial charge in [0, 0.05) is 16.0 Å². The second kappa shape index (κ2) is 5.36. The van der Waals surface area contributed by atoms with Crippen molar-refractivity contribution in [1.82, 2.24) is 9.97 Å². The number of aromatic nitrogens is 2. The Hall–Kier alpha value is -0.690. The number of nitrogens with zero attached hydrogens (tertiary/aromatic N) is 2. The Bertz CT molecular complexity index is 612. The molecule has 0 fully saturated rings. The zero-order chi connectivity index (χ0) is 13.4. The number of aliphatic hydroxyl groups excluding tert-OH is 2. The molecule has 0 amide bonds. The van der Waals surface area contributed by atoms with E-state index in [1.807, 2.05) is 6.92 Å². The highest BCUT2D eigenvalue weighted by atomic mass is 32.2. The molecule has 0 radical (unpaired) electrons. The van der Waals surface area contributed by atoms with Crippen molar-refractivity contribution in [3.8, 4) is 0 Å². The van der Waals surface area contributed by atoms with Crippen LogP contribution >= 0.6 is 23.1 Å². The highest BCUT2D eigenvalue weighted by molar-refractivity contribution is 7.99. The summed E-state index contributed by atoms with van der Waals surface area (Å²) in [5, 5.41) is 20.5. The quantitative estimate of drug-likeness (QED) is 0.666. The number of aliphatic hydroxyl groups is 2. The molecule has 3 rings (SSSR count). The lowest BCUT2D eigenvalue weighted by molar-refractivity contribution is 0.113. The molecule has 2 aromatic rings. The van der Waals surface area contributed by atoms with Crippen molar-refractivity contribution in [3.05, 3.63) is 16.3 Å². The zero-order valence-electron chi connectivity index (χ0n) is 10.7. The molecule has 0 spiro atoms. The summed E-state index contributed by atoms with van der Waals surface area (Å²) in [5.41, 5.74) is 1.40. The summed E-state index contributed by atoms with van der Waals surface area (Å²) in [6, 6.07) is 0. The number of thiophene rings is 1. The van der Waals surface area contributed by atoms with Gasteiger partial charge >= 0.3 is 0 Å². The van der Waals surface area contributed by atoms with Crippen molar-refractivity contribution >= 4 is 33.3 Å². The van der Waals surface area contributed by atoms with E-state index in [9.17, 15) is 5.11 Å². The summed E-state index contributed by atoms with van der Waals surface area (Å²) < 4.78 is 0. The third-order valence-corrected chi connectivity index (χ3v) is 5.57. The molecular formula is C13H16N2O2S2. The highest BCUT2D eigenvalue weighted by Crippen LogP contribution is 2.40. The van der Waals surface area contributed by atoms with Gasteiger partial charge in [-0.15, -0.1) is 23.1 Å². The van der Waals surface area contributed by atoms with Crippen LogP contribution in [-0.4, -0.2) is 38.6 Å². The van der Waals surface area contributed by atoms with Crippen molar-refractivity contribution in [2.75, 3.05) is 12.4 Å². The van der Waals surface area contributed by atoms with Crippen LogP contribution < -0.4 is 0 Å². The van der Waals surface area contributed by atoms with Crippen LogP contribution in [0.15, 0.2) is 5.03 Å². The van der Waals surface area contributed by atoms with Gasteiger partial charge in [0.05, 0.1) is 12.7 Å². The first-order valence-corrected chi connectivity index (χ1v) is 8.20. The second-order valence-corrected chi connectivity index (χ2v) is 6.85. The maximum atomic E-state index is 9.49. The lowest BCUT2D eigenvalue weighted by atomic mass is 10.2. The van der Waals surface area contributed by atoms with Crippen LogP contribution in [0.25, 0.3) is 10.2 Å². The fourth-order valence-corrected chi connectivity index (χ4v) is 4.78. The van der Waals surface area contributed by atoms with Crippen molar-refractivity contribution in [3.63, 3.8) is 0 Å². The van der Waals surface area contributed by atoms with Crippen LogP contribution in [0, 0.1) is 6.92 Å². The topological polar surface area (TPSA) is 66.2 Å². The van der Waals surface area contributed by atoms with Crippen LogP contribution in [0.2, 0.25) is 0 Å². The van der Waals surface area contributed by atoms with Crippen LogP contribution in [0.3, 0.4) is 0 Å². The van der Waals surface area contributed by atoms with Crippen molar-refractivity contribution in [2.24, 2.45) is 0 Å². The van der Waals surface area contributed by atoms with Gasteiger partial charge in [-0.1, -0.05) is 0 Å². The Balaban J connectivity index is 2.01. The SMILES string of the molecule is Cc1nc(SC[C@H](O)CO)c2c3c(sc2n1)CCC3. The van der Waals surface area contributed by atoms with Crippen molar-refractivity contribution < 1.29 is 10.2 Å². The Morgan fingerprint density at radius 2 is 2.21 bits per heavy atom. The summed E-state index contributed by atoms with van der Waals surface area (Å²) in [4.78, 5) is 11.6. The predicted octanol–water partition coefficient (Wildman–Crippen LogP) is 1.93. The minimum absolute atomic E-state index is 0.206. The number of thioether (sulfide) groups is 1. The molecule has 0 aromatic carbocycles. The van der Waals surface area contributed by atoms with Crippen LogP contribution in [0.4, 0.5) is 0 Å². The van der Waals surface area contributed by atoms with E-state index >= 15 is 0 Å². The minimum Gasteiger partial charge on any atom is -0.394 e. The third-order valence-electron chi connectivity index (χ3n) is 3.27. The maximum Gasteiger partial charge on any atom is 0.128 e. The molecule has 0 saturated carbocycles. The molecule has 0 saturated heterocycles. The molecule has 6 heteroatoms. The molecule has 0 bridgehead atoms. The Labute approximate surface area is 119 Å². The van der Waals surface area contributed by atoms with E-state index in [1.165, 1.54) is 34.0 Å². The summed E-state index contributed by atoms with van der Waals surface area (Å²) in [5.74, 6) is 1.24. The molecule has 2 heterocycles. The molecular weight excluding hydrogens is 280 g/mol. The van der Waals surface area contributed by atoms with Gasteiger partial charge in [-0.3, -0.25) is 0 Å². The van der Waals surface area contributed by atoms with Gasteiger partial charge in [0.1, 0.15) is 15.7 Å². The first kappa shape index (κ1) is 13.3. The smallest absolute Gasteiger partial charge is 0.128 e. The molecule has 0 unspecified atom stereocenters. The summed E-state index contributed by atoms with van der Waals surface area (Å²) >= 11 is 3.29. The van der Waals surface area contributed by atoms with E-state index < -0.39 is 6.10 Å². The van der Waals surface area contributed by atoms with E-state index in [1.54, 1.807) is 11.3 Å². The molecule has 2 aromatic heterocycles. The molecule has 1 aliphatic rings. The minimum atomic E-state index is -0.693. The predicted molar refractivity (Wildman–Crippen MR) is 78.0 cm³/mol. The molecule has 2 N–H and O–H groups in total.